The molecule has 0 spiro atoms. The van der Waals surface area contributed by atoms with Crippen LogP contribution >= 0.6 is 0 Å². The minimum absolute atomic E-state index is 0.139. The maximum absolute atomic E-state index is 12.3. The number of rotatable bonds is 2. The van der Waals surface area contributed by atoms with Gasteiger partial charge in [0, 0.05) is 6.07 Å². The molecule has 0 atom stereocenters. The van der Waals surface area contributed by atoms with Gasteiger partial charge in [-0.2, -0.15) is 5.10 Å². The van der Waals surface area contributed by atoms with E-state index in [2.05, 4.69) is 9.84 Å². The van der Waals surface area contributed by atoms with Gasteiger partial charge in [-0.05, 0) is 19.1 Å². The molecule has 0 bridgehead atoms. The molecule has 2 N–H and O–H groups in total. The normalized spacial score (nSPS) is 11.6. The van der Waals surface area contributed by atoms with Crippen LogP contribution in [0, 0.1) is 6.92 Å². The van der Waals surface area contributed by atoms with Crippen LogP contribution in [0.4, 0.5) is 19.0 Å². The highest BCUT2D eigenvalue weighted by Crippen LogP contribution is 2.29. The summed E-state index contributed by atoms with van der Waals surface area (Å²) < 4.78 is 41.9. The van der Waals surface area contributed by atoms with Crippen LogP contribution in [0.15, 0.2) is 30.3 Å². The number of nitrogens with zero attached hydrogens (tertiary/aromatic N) is 2. The molecule has 0 aliphatic carbocycles. The summed E-state index contributed by atoms with van der Waals surface area (Å²) in [4.78, 5) is 0. The number of benzene rings is 1. The van der Waals surface area contributed by atoms with E-state index in [0.717, 1.165) is 0 Å². The van der Waals surface area contributed by atoms with Crippen molar-refractivity contribution >= 4 is 5.82 Å². The topological polar surface area (TPSA) is 53.1 Å². The van der Waals surface area contributed by atoms with Crippen molar-refractivity contribution in [1.82, 2.24) is 9.78 Å². The van der Waals surface area contributed by atoms with Crippen molar-refractivity contribution < 1.29 is 17.9 Å². The zero-order valence-electron chi connectivity index (χ0n) is 9.40. The minimum Gasteiger partial charge on any atom is -0.403 e. The molecule has 96 valence electrons. The summed E-state index contributed by atoms with van der Waals surface area (Å²) >= 11 is 0. The monoisotopic (exact) mass is 257 g/mol. The van der Waals surface area contributed by atoms with Crippen LogP contribution in [-0.2, 0) is 0 Å². The first kappa shape index (κ1) is 12.3. The summed E-state index contributed by atoms with van der Waals surface area (Å²) in [5.74, 6) is -0.106. The van der Waals surface area contributed by atoms with Gasteiger partial charge in [-0.25, -0.2) is 4.68 Å². The largest absolute Gasteiger partial charge is 0.573 e. The Kier molecular flexibility index (Phi) is 2.90. The van der Waals surface area contributed by atoms with Gasteiger partial charge < -0.3 is 10.5 Å². The van der Waals surface area contributed by atoms with Crippen LogP contribution in [0.3, 0.4) is 0 Å². The third-order valence-corrected chi connectivity index (χ3v) is 2.18. The van der Waals surface area contributed by atoms with E-state index in [9.17, 15) is 13.2 Å². The third kappa shape index (κ3) is 2.55. The van der Waals surface area contributed by atoms with Gasteiger partial charge in [-0.3, -0.25) is 0 Å². The maximum atomic E-state index is 12.3. The zero-order chi connectivity index (χ0) is 13.3. The van der Waals surface area contributed by atoms with Crippen molar-refractivity contribution in [3.63, 3.8) is 0 Å². The number of ether oxygens (including phenoxy) is 1. The van der Waals surface area contributed by atoms with E-state index in [1.807, 2.05) is 0 Å². The first-order valence-corrected chi connectivity index (χ1v) is 5.04. The Hall–Kier alpha value is -2.18. The summed E-state index contributed by atoms with van der Waals surface area (Å²) in [6.45, 7) is 1.69. The number of halogens is 3. The summed E-state index contributed by atoms with van der Waals surface area (Å²) in [5, 5.41) is 4.02. The number of anilines is 1. The van der Waals surface area contributed by atoms with Gasteiger partial charge >= 0.3 is 6.36 Å². The lowest BCUT2D eigenvalue weighted by Crippen LogP contribution is -2.18. The van der Waals surface area contributed by atoms with Crippen molar-refractivity contribution in [2.24, 2.45) is 0 Å². The van der Waals surface area contributed by atoms with Gasteiger partial charge in [-0.1, -0.05) is 12.1 Å². The highest BCUT2D eigenvalue weighted by Gasteiger charge is 2.32. The van der Waals surface area contributed by atoms with E-state index in [4.69, 9.17) is 5.73 Å². The molecular formula is C11H10F3N3O. The summed E-state index contributed by atoms with van der Waals surface area (Å²) in [6, 6.07) is 7.24. The van der Waals surface area contributed by atoms with Crippen LogP contribution in [0.25, 0.3) is 5.69 Å². The van der Waals surface area contributed by atoms with Crippen molar-refractivity contribution in [2.75, 3.05) is 5.73 Å². The number of hydrogen-bond donors (Lipinski definition) is 1. The number of alkyl halides is 3. The maximum Gasteiger partial charge on any atom is 0.573 e. The molecule has 0 unspecified atom stereocenters. The second kappa shape index (κ2) is 4.25. The fraction of sp³-hybridized carbons (Fsp3) is 0.182. The lowest BCUT2D eigenvalue weighted by Gasteiger charge is -2.13. The van der Waals surface area contributed by atoms with Crippen molar-refractivity contribution in [2.45, 2.75) is 13.3 Å². The highest BCUT2D eigenvalue weighted by molar-refractivity contribution is 5.51. The predicted molar refractivity (Wildman–Crippen MR) is 59.4 cm³/mol. The molecule has 4 nitrogen and oxygen atoms in total. The molecule has 1 heterocycles. The Morgan fingerprint density at radius 2 is 1.94 bits per heavy atom. The van der Waals surface area contributed by atoms with E-state index < -0.39 is 6.36 Å². The van der Waals surface area contributed by atoms with Crippen LogP contribution in [-0.4, -0.2) is 16.1 Å². The SMILES string of the molecule is Cc1cc(N)n(-c2ccccc2OC(F)(F)F)n1. The Morgan fingerprint density at radius 3 is 2.50 bits per heavy atom. The molecule has 1 aromatic heterocycles. The van der Waals surface area contributed by atoms with E-state index in [1.165, 1.54) is 22.9 Å². The molecule has 2 rings (SSSR count). The number of nitrogens with two attached hydrogens (primary N) is 1. The zero-order valence-corrected chi connectivity index (χ0v) is 9.40. The Balaban J connectivity index is 2.48. The molecule has 1 aromatic carbocycles. The third-order valence-electron chi connectivity index (χ3n) is 2.18. The molecule has 0 saturated heterocycles. The Bertz CT molecular complexity index is 563. The number of nitrogen functional groups attached to an aromatic ring is 1. The second-order valence-corrected chi connectivity index (χ2v) is 3.64. The number of para-hydroxylation sites is 2. The number of aromatic nitrogens is 2. The summed E-state index contributed by atoms with van der Waals surface area (Å²) in [5.41, 5.74) is 6.41. The van der Waals surface area contributed by atoms with Gasteiger partial charge in [0.1, 0.15) is 11.5 Å². The second-order valence-electron chi connectivity index (χ2n) is 3.64. The first-order valence-electron chi connectivity index (χ1n) is 5.04. The average Bonchev–Trinajstić information content (AvgIpc) is 2.56. The van der Waals surface area contributed by atoms with Crippen molar-refractivity contribution in [3.8, 4) is 11.4 Å². The molecular weight excluding hydrogens is 247 g/mol. The van der Waals surface area contributed by atoms with E-state index in [0.29, 0.717) is 5.69 Å². The minimum atomic E-state index is -4.76. The molecule has 0 amide bonds. The Morgan fingerprint density at radius 1 is 1.28 bits per heavy atom. The fourth-order valence-corrected chi connectivity index (χ4v) is 1.56. The molecule has 18 heavy (non-hydrogen) atoms. The molecule has 0 fully saturated rings. The van der Waals surface area contributed by atoms with Crippen LogP contribution in [0.2, 0.25) is 0 Å². The first-order chi connectivity index (χ1) is 8.37. The fourth-order valence-electron chi connectivity index (χ4n) is 1.56. The van der Waals surface area contributed by atoms with Crippen LogP contribution in [0.5, 0.6) is 5.75 Å². The number of aryl methyl sites for hydroxylation is 1. The van der Waals surface area contributed by atoms with E-state index >= 15 is 0 Å². The molecule has 0 radical (unpaired) electrons. The summed E-state index contributed by atoms with van der Waals surface area (Å²) in [6.07, 6.45) is -4.76. The van der Waals surface area contributed by atoms with Gasteiger partial charge in [0.05, 0.1) is 5.69 Å². The molecule has 0 saturated carbocycles. The van der Waals surface area contributed by atoms with Crippen LogP contribution in [0.1, 0.15) is 5.69 Å². The van der Waals surface area contributed by atoms with Crippen molar-refractivity contribution in [1.29, 1.82) is 0 Å². The molecule has 0 aliphatic heterocycles. The highest BCUT2D eigenvalue weighted by atomic mass is 19.4. The van der Waals surface area contributed by atoms with E-state index in [1.54, 1.807) is 19.1 Å². The lowest BCUT2D eigenvalue weighted by atomic mass is 10.3. The average molecular weight is 257 g/mol. The smallest absolute Gasteiger partial charge is 0.403 e. The van der Waals surface area contributed by atoms with Gasteiger partial charge in [0.25, 0.3) is 0 Å². The van der Waals surface area contributed by atoms with Gasteiger partial charge in [0.2, 0.25) is 0 Å². The summed E-state index contributed by atoms with van der Waals surface area (Å²) in [7, 11) is 0. The lowest BCUT2D eigenvalue weighted by molar-refractivity contribution is -0.274. The van der Waals surface area contributed by atoms with Crippen molar-refractivity contribution in [3.05, 3.63) is 36.0 Å². The Labute approximate surface area is 101 Å². The quantitative estimate of drug-likeness (QED) is 0.899. The number of hydrogen-bond acceptors (Lipinski definition) is 3. The van der Waals surface area contributed by atoms with Crippen LogP contribution < -0.4 is 10.5 Å². The predicted octanol–water partition coefficient (Wildman–Crippen LogP) is 2.66. The molecule has 2 aromatic rings. The standard InChI is InChI=1S/C11H10F3N3O/c1-7-6-10(15)17(16-7)8-4-2-3-5-9(8)18-11(12,13)14/h2-6H,15H2,1H3. The van der Waals surface area contributed by atoms with E-state index in [-0.39, 0.29) is 17.3 Å². The van der Waals surface area contributed by atoms with Gasteiger partial charge in [0.15, 0.2) is 5.75 Å². The molecule has 0 aliphatic rings. The van der Waals surface area contributed by atoms with Gasteiger partial charge in [-0.15, -0.1) is 13.2 Å². The molecule has 7 heteroatoms.